The van der Waals surface area contributed by atoms with Gasteiger partial charge in [-0.1, -0.05) is 42.5 Å². The number of ether oxygens (including phenoxy) is 4. The predicted octanol–water partition coefficient (Wildman–Crippen LogP) is 9.31. The molecule has 0 saturated carbocycles. The van der Waals surface area contributed by atoms with Crippen molar-refractivity contribution in [2.75, 3.05) is 26.2 Å². The van der Waals surface area contributed by atoms with Gasteiger partial charge in [0.05, 0.1) is 0 Å². The van der Waals surface area contributed by atoms with Gasteiger partial charge >= 0.3 is 24.9 Å². The molecule has 8 nitrogen and oxygen atoms in total. The first kappa shape index (κ1) is 38.3. The minimum Gasteiger partial charge on any atom is -0.444 e. The SMILES string of the molecule is CC(C)(C)OC(=O)N1CC=C(c2ccccc2OC(F)(F)F)CC1.CC(C)(C)OC(=O)N1CCC(c2ccccc2OC(F)(F)F)CC1. The van der Waals surface area contributed by atoms with Gasteiger partial charge in [-0.2, -0.15) is 0 Å². The Morgan fingerprint density at radius 2 is 1.15 bits per heavy atom. The third-order valence-corrected chi connectivity index (χ3v) is 7.05. The summed E-state index contributed by atoms with van der Waals surface area (Å²) in [4.78, 5) is 27.2. The van der Waals surface area contributed by atoms with Crippen LogP contribution in [-0.2, 0) is 9.47 Å². The third kappa shape index (κ3) is 12.8. The van der Waals surface area contributed by atoms with Crippen molar-refractivity contribution in [1.82, 2.24) is 9.80 Å². The molecule has 1 saturated heterocycles. The zero-order valence-electron chi connectivity index (χ0n) is 27.8. The van der Waals surface area contributed by atoms with Crippen molar-refractivity contribution < 1.29 is 54.9 Å². The molecule has 2 amide bonds. The maximum atomic E-state index is 12.5. The summed E-state index contributed by atoms with van der Waals surface area (Å²) in [5.74, 6) is -0.482. The van der Waals surface area contributed by atoms with Crippen LogP contribution >= 0.6 is 0 Å². The van der Waals surface area contributed by atoms with Crippen LogP contribution in [0.25, 0.3) is 5.57 Å². The Labute approximate surface area is 276 Å². The molecular formula is C34H42F6N2O6. The van der Waals surface area contributed by atoms with Crippen molar-refractivity contribution in [3.8, 4) is 11.5 Å². The lowest BCUT2D eigenvalue weighted by Crippen LogP contribution is -2.41. The lowest BCUT2D eigenvalue weighted by Gasteiger charge is -2.34. The van der Waals surface area contributed by atoms with Crippen molar-refractivity contribution in [2.24, 2.45) is 0 Å². The summed E-state index contributed by atoms with van der Waals surface area (Å²) in [7, 11) is 0. The quantitative estimate of drug-likeness (QED) is 0.298. The number of hydrogen-bond donors (Lipinski definition) is 0. The first-order valence-corrected chi connectivity index (χ1v) is 15.4. The average Bonchev–Trinajstić information content (AvgIpc) is 2.95. The first-order valence-electron chi connectivity index (χ1n) is 15.4. The van der Waals surface area contributed by atoms with Gasteiger partial charge in [0.1, 0.15) is 22.7 Å². The van der Waals surface area contributed by atoms with Gasteiger partial charge in [-0.05, 0) is 90.0 Å². The van der Waals surface area contributed by atoms with E-state index in [1.807, 2.05) is 0 Å². The highest BCUT2D eigenvalue weighted by atomic mass is 19.4. The zero-order valence-corrected chi connectivity index (χ0v) is 27.8. The fraction of sp³-hybridized carbons (Fsp3) is 0.529. The number of nitrogens with zero attached hydrogens (tertiary/aromatic N) is 2. The second kappa shape index (κ2) is 15.4. The molecule has 0 aromatic heterocycles. The monoisotopic (exact) mass is 688 g/mol. The number of halogens is 6. The van der Waals surface area contributed by atoms with Crippen LogP contribution in [0.3, 0.4) is 0 Å². The number of carbonyl (C=O) groups is 2. The van der Waals surface area contributed by atoms with E-state index in [1.165, 1.54) is 29.2 Å². The number of benzene rings is 2. The van der Waals surface area contributed by atoms with Gasteiger partial charge in [0, 0.05) is 31.7 Å². The number of alkyl halides is 6. The summed E-state index contributed by atoms with van der Waals surface area (Å²) in [5.41, 5.74) is 0.474. The number of rotatable bonds is 4. The van der Waals surface area contributed by atoms with E-state index in [0.29, 0.717) is 50.0 Å². The summed E-state index contributed by atoms with van der Waals surface area (Å²) in [6, 6.07) is 12.2. The Bertz CT molecular complexity index is 1420. The maximum Gasteiger partial charge on any atom is 0.573 e. The van der Waals surface area contributed by atoms with Crippen LogP contribution in [0.2, 0.25) is 0 Å². The van der Waals surface area contributed by atoms with Crippen molar-refractivity contribution in [1.29, 1.82) is 0 Å². The second-order valence-corrected chi connectivity index (χ2v) is 13.3. The van der Waals surface area contributed by atoms with Crippen LogP contribution in [0.5, 0.6) is 11.5 Å². The smallest absolute Gasteiger partial charge is 0.444 e. The van der Waals surface area contributed by atoms with E-state index in [2.05, 4.69) is 9.47 Å². The summed E-state index contributed by atoms with van der Waals surface area (Å²) in [6.07, 6.45) is -6.99. The van der Waals surface area contributed by atoms with Crippen molar-refractivity contribution in [3.05, 3.63) is 65.7 Å². The molecule has 2 heterocycles. The molecule has 0 unspecified atom stereocenters. The number of amides is 2. The van der Waals surface area contributed by atoms with Gasteiger partial charge in [-0.25, -0.2) is 9.59 Å². The van der Waals surface area contributed by atoms with Crippen LogP contribution in [0.15, 0.2) is 54.6 Å². The van der Waals surface area contributed by atoms with Gasteiger partial charge in [-0.3, -0.25) is 0 Å². The zero-order chi connectivity index (χ0) is 35.9. The molecule has 2 aliphatic heterocycles. The largest absolute Gasteiger partial charge is 0.573 e. The minimum atomic E-state index is -4.74. The molecule has 2 aromatic carbocycles. The number of hydrogen-bond acceptors (Lipinski definition) is 6. The maximum absolute atomic E-state index is 12.5. The molecule has 0 radical (unpaired) electrons. The molecule has 2 aromatic rings. The number of para-hydroxylation sites is 2. The number of carbonyl (C=O) groups excluding carboxylic acids is 2. The van der Waals surface area contributed by atoms with E-state index in [-0.39, 0.29) is 30.1 Å². The topological polar surface area (TPSA) is 77.5 Å². The van der Waals surface area contributed by atoms with Crippen LogP contribution < -0.4 is 9.47 Å². The van der Waals surface area contributed by atoms with Gasteiger partial charge in [0.25, 0.3) is 0 Å². The Kier molecular flexibility index (Phi) is 12.3. The Morgan fingerprint density at radius 1 is 0.667 bits per heavy atom. The van der Waals surface area contributed by atoms with Gasteiger partial charge in [0.15, 0.2) is 0 Å². The summed E-state index contributed by atoms with van der Waals surface area (Å²) >= 11 is 0. The van der Waals surface area contributed by atoms with E-state index in [1.54, 1.807) is 76.8 Å². The van der Waals surface area contributed by atoms with E-state index in [0.717, 1.165) is 5.57 Å². The number of piperidine rings is 1. The van der Waals surface area contributed by atoms with Crippen LogP contribution in [-0.4, -0.2) is 72.1 Å². The first-order chi connectivity index (χ1) is 22.1. The highest BCUT2D eigenvalue weighted by Crippen LogP contribution is 2.37. The molecule has 0 aliphatic carbocycles. The van der Waals surface area contributed by atoms with Gasteiger partial charge < -0.3 is 28.7 Å². The highest BCUT2D eigenvalue weighted by Gasteiger charge is 2.35. The van der Waals surface area contributed by atoms with E-state index in [9.17, 15) is 35.9 Å². The molecule has 14 heteroatoms. The summed E-state index contributed by atoms with van der Waals surface area (Å²) in [6.45, 7) is 12.3. The van der Waals surface area contributed by atoms with Crippen molar-refractivity contribution >= 4 is 17.8 Å². The summed E-state index contributed by atoms with van der Waals surface area (Å²) in [5, 5.41) is 0. The molecular weight excluding hydrogens is 646 g/mol. The third-order valence-electron chi connectivity index (χ3n) is 7.05. The molecule has 266 valence electrons. The van der Waals surface area contributed by atoms with Crippen LogP contribution in [0.4, 0.5) is 35.9 Å². The Hall–Kier alpha value is -4.10. The van der Waals surface area contributed by atoms with Crippen molar-refractivity contribution in [2.45, 2.75) is 90.6 Å². The molecule has 48 heavy (non-hydrogen) atoms. The Morgan fingerprint density at radius 3 is 1.65 bits per heavy atom. The molecule has 0 spiro atoms. The predicted molar refractivity (Wildman–Crippen MR) is 166 cm³/mol. The minimum absolute atomic E-state index is 0.0813. The standard InChI is InChI=1S/C17H22F3NO3.C17H20F3NO3/c2*1-16(2,3)24-15(22)21-10-8-12(9-11-21)13-6-4-5-7-14(13)23-17(18,19)20/h4-7,12H,8-11H2,1-3H3;4-8H,9-11H2,1-3H3. The highest BCUT2D eigenvalue weighted by molar-refractivity contribution is 5.75. The number of likely N-dealkylation sites (tertiary alicyclic amines) is 1. The van der Waals surface area contributed by atoms with E-state index in [4.69, 9.17) is 9.47 Å². The van der Waals surface area contributed by atoms with Gasteiger partial charge in [-0.15, -0.1) is 26.3 Å². The van der Waals surface area contributed by atoms with Gasteiger partial charge in [0.2, 0.25) is 0 Å². The fourth-order valence-electron chi connectivity index (χ4n) is 5.09. The van der Waals surface area contributed by atoms with Crippen molar-refractivity contribution in [3.63, 3.8) is 0 Å². The van der Waals surface area contributed by atoms with E-state index >= 15 is 0 Å². The van der Waals surface area contributed by atoms with Crippen LogP contribution in [0.1, 0.15) is 77.8 Å². The molecule has 0 N–H and O–H groups in total. The lowest BCUT2D eigenvalue weighted by molar-refractivity contribution is -0.275. The molecule has 0 bridgehead atoms. The molecule has 2 aliphatic rings. The Balaban J connectivity index is 0.000000260. The lowest BCUT2D eigenvalue weighted by atomic mass is 9.89. The summed E-state index contributed by atoms with van der Waals surface area (Å²) < 4.78 is 93.9. The van der Waals surface area contributed by atoms with Crippen LogP contribution in [0, 0.1) is 0 Å². The second-order valence-electron chi connectivity index (χ2n) is 13.3. The molecule has 1 fully saturated rings. The molecule has 4 rings (SSSR count). The normalized spacial score (nSPS) is 16.3. The molecule has 0 atom stereocenters. The average molecular weight is 689 g/mol. The fourth-order valence-corrected chi connectivity index (χ4v) is 5.09. The van der Waals surface area contributed by atoms with E-state index < -0.39 is 30.0 Å².